The fraction of sp³-hybridized carbons (Fsp3) is 0.633. The molecule has 0 radical (unpaired) electrons. The molecular weight excluding hydrogens is 478 g/mol. The van der Waals surface area contributed by atoms with Gasteiger partial charge >= 0.3 is 0 Å². The summed E-state index contributed by atoms with van der Waals surface area (Å²) >= 11 is 0. The summed E-state index contributed by atoms with van der Waals surface area (Å²) in [5, 5.41) is 7.32. The predicted octanol–water partition coefficient (Wildman–Crippen LogP) is 4.17. The van der Waals surface area contributed by atoms with E-state index >= 15 is 0 Å². The Bertz CT molecular complexity index is 1040. The number of carbonyl (C=O) groups excluding carboxylic acids is 1. The summed E-state index contributed by atoms with van der Waals surface area (Å²) < 4.78 is 11.1. The Labute approximate surface area is 226 Å². The first kappa shape index (κ1) is 27.0. The topological polar surface area (TPSA) is 88.6 Å². The lowest BCUT2D eigenvalue weighted by molar-refractivity contribution is -0.0533. The van der Waals surface area contributed by atoms with Crippen molar-refractivity contribution < 1.29 is 14.3 Å². The van der Waals surface area contributed by atoms with Gasteiger partial charge in [-0.1, -0.05) is 36.8 Å². The highest BCUT2D eigenvalue weighted by atomic mass is 16.5. The molecule has 2 saturated heterocycles. The van der Waals surface area contributed by atoms with Crippen LogP contribution in [0.15, 0.2) is 36.7 Å². The Morgan fingerprint density at radius 2 is 1.92 bits per heavy atom. The number of ether oxygens (including phenoxy) is 2. The molecule has 3 heterocycles. The number of amides is 1. The lowest BCUT2D eigenvalue weighted by atomic mass is 9.78. The van der Waals surface area contributed by atoms with E-state index in [4.69, 9.17) is 9.47 Å². The van der Waals surface area contributed by atoms with E-state index in [2.05, 4.69) is 50.9 Å². The largest absolute Gasteiger partial charge is 0.379 e. The third-order valence-corrected chi connectivity index (χ3v) is 8.74. The number of aromatic nitrogens is 2. The van der Waals surface area contributed by atoms with Crippen molar-refractivity contribution in [2.75, 3.05) is 45.3 Å². The quantitative estimate of drug-likeness (QED) is 0.539. The Balaban J connectivity index is 1.13. The average Bonchev–Trinajstić information content (AvgIpc) is 2.97. The predicted molar refractivity (Wildman–Crippen MR) is 148 cm³/mol. The molecule has 5 rings (SSSR count). The second kappa shape index (κ2) is 13.0. The van der Waals surface area contributed by atoms with Crippen molar-refractivity contribution in [3.05, 3.63) is 53.5 Å². The monoisotopic (exact) mass is 521 g/mol. The van der Waals surface area contributed by atoms with Gasteiger partial charge in [-0.15, -0.1) is 0 Å². The molecule has 8 heteroatoms. The van der Waals surface area contributed by atoms with E-state index in [1.807, 2.05) is 11.8 Å². The number of rotatable bonds is 8. The number of carbonyl (C=O) groups is 1. The molecule has 1 aliphatic carbocycles. The zero-order valence-corrected chi connectivity index (χ0v) is 22.9. The van der Waals surface area contributed by atoms with Gasteiger partial charge in [0.05, 0.1) is 12.7 Å². The van der Waals surface area contributed by atoms with Gasteiger partial charge in [0.25, 0.3) is 5.91 Å². The van der Waals surface area contributed by atoms with Gasteiger partial charge < -0.3 is 25.0 Å². The van der Waals surface area contributed by atoms with Crippen LogP contribution >= 0.6 is 0 Å². The van der Waals surface area contributed by atoms with E-state index < -0.39 is 0 Å². The SMILES string of the molecule is COC1COCCC1NC1CCN(C(=O)c2ncnc(NC[C@H]3CCC[C@@H](c4ccccc4)C3)c2C)CC1. The van der Waals surface area contributed by atoms with Crippen LogP contribution in [-0.2, 0) is 9.47 Å². The second-order valence-corrected chi connectivity index (χ2v) is 11.2. The number of hydrogen-bond acceptors (Lipinski definition) is 7. The number of piperidine rings is 1. The molecule has 0 spiro atoms. The molecule has 0 bridgehead atoms. The molecular formula is C30H43N5O3. The summed E-state index contributed by atoms with van der Waals surface area (Å²) in [6.07, 6.45) is 9.38. The van der Waals surface area contributed by atoms with E-state index in [1.165, 1.54) is 37.6 Å². The molecule has 8 nitrogen and oxygen atoms in total. The van der Waals surface area contributed by atoms with Gasteiger partial charge in [-0.3, -0.25) is 4.79 Å². The second-order valence-electron chi connectivity index (χ2n) is 11.2. The maximum atomic E-state index is 13.4. The van der Waals surface area contributed by atoms with Crippen LogP contribution in [0.2, 0.25) is 0 Å². The number of anilines is 1. The summed E-state index contributed by atoms with van der Waals surface area (Å²) in [6, 6.07) is 11.6. The molecule has 2 N–H and O–H groups in total. The number of benzene rings is 1. The van der Waals surface area contributed by atoms with Gasteiger partial charge in [0.2, 0.25) is 0 Å². The third kappa shape index (κ3) is 6.53. The van der Waals surface area contributed by atoms with E-state index in [0.717, 1.165) is 56.9 Å². The molecule has 1 aromatic heterocycles. The number of nitrogens with one attached hydrogen (secondary N) is 2. The summed E-state index contributed by atoms with van der Waals surface area (Å²) in [7, 11) is 1.75. The van der Waals surface area contributed by atoms with Crippen LogP contribution in [0.3, 0.4) is 0 Å². The molecule has 38 heavy (non-hydrogen) atoms. The highest BCUT2D eigenvalue weighted by Crippen LogP contribution is 2.36. The van der Waals surface area contributed by atoms with Gasteiger partial charge in [-0.2, -0.15) is 0 Å². The average molecular weight is 522 g/mol. The van der Waals surface area contributed by atoms with Crippen molar-refractivity contribution in [3.63, 3.8) is 0 Å². The first-order valence-corrected chi connectivity index (χ1v) is 14.4. The van der Waals surface area contributed by atoms with Crippen molar-refractivity contribution in [1.29, 1.82) is 0 Å². The standard InChI is InChI=1S/C30H43N5O3/c1-21-28(30(36)35-14-11-25(12-15-35)34-26-13-16-38-19-27(26)37-2)32-20-33-29(21)31-18-22-7-6-10-24(17-22)23-8-4-3-5-9-23/h3-5,8-9,20,22,24-27,34H,6-7,10-19H2,1-2H3,(H,31,32,33)/t22-,24+,26?,27?/m0/s1. The van der Waals surface area contributed by atoms with E-state index in [9.17, 15) is 4.79 Å². The van der Waals surface area contributed by atoms with E-state index in [0.29, 0.717) is 36.2 Å². The maximum Gasteiger partial charge on any atom is 0.272 e. The Hall–Kier alpha value is -2.55. The fourth-order valence-corrected chi connectivity index (χ4v) is 6.43. The number of hydrogen-bond donors (Lipinski definition) is 2. The van der Waals surface area contributed by atoms with Crippen LogP contribution in [0.5, 0.6) is 0 Å². The minimum atomic E-state index is 0.00837. The van der Waals surface area contributed by atoms with Gasteiger partial charge in [-0.05, 0) is 62.8 Å². The number of likely N-dealkylation sites (tertiary alicyclic amines) is 1. The van der Waals surface area contributed by atoms with Crippen molar-refractivity contribution in [1.82, 2.24) is 20.2 Å². The Morgan fingerprint density at radius 1 is 1.11 bits per heavy atom. The molecule has 3 aliphatic rings. The lowest BCUT2D eigenvalue weighted by Gasteiger charge is -2.38. The summed E-state index contributed by atoms with van der Waals surface area (Å²) in [6.45, 7) is 5.71. The Kier molecular flexibility index (Phi) is 9.25. The molecule has 2 aliphatic heterocycles. The van der Waals surface area contributed by atoms with Crippen molar-refractivity contribution in [3.8, 4) is 0 Å². The lowest BCUT2D eigenvalue weighted by Crippen LogP contribution is -2.54. The number of nitrogens with zero attached hydrogens (tertiary/aromatic N) is 3. The number of methoxy groups -OCH3 is 1. The first-order chi connectivity index (χ1) is 18.6. The van der Waals surface area contributed by atoms with Gasteiger partial charge in [0.15, 0.2) is 0 Å². The van der Waals surface area contributed by atoms with Crippen LogP contribution in [0, 0.1) is 12.8 Å². The maximum absolute atomic E-state index is 13.4. The normalized spacial score (nSPS) is 26.7. The molecule has 2 aromatic rings. The highest BCUT2D eigenvalue weighted by Gasteiger charge is 2.31. The van der Waals surface area contributed by atoms with Gasteiger partial charge in [0, 0.05) is 51.0 Å². The zero-order valence-electron chi connectivity index (χ0n) is 22.9. The molecule has 206 valence electrons. The van der Waals surface area contributed by atoms with Crippen molar-refractivity contribution in [2.24, 2.45) is 5.92 Å². The van der Waals surface area contributed by atoms with E-state index in [1.54, 1.807) is 7.11 Å². The zero-order chi connectivity index (χ0) is 26.3. The van der Waals surface area contributed by atoms with Crippen molar-refractivity contribution in [2.45, 2.75) is 76.0 Å². The van der Waals surface area contributed by atoms with Crippen LogP contribution < -0.4 is 10.6 Å². The minimum Gasteiger partial charge on any atom is -0.379 e. The summed E-state index contributed by atoms with van der Waals surface area (Å²) in [4.78, 5) is 24.3. The van der Waals surface area contributed by atoms with Crippen LogP contribution in [0.25, 0.3) is 0 Å². The molecule has 3 fully saturated rings. The first-order valence-electron chi connectivity index (χ1n) is 14.4. The fourth-order valence-electron chi connectivity index (χ4n) is 6.43. The van der Waals surface area contributed by atoms with Gasteiger partial charge in [0.1, 0.15) is 17.8 Å². The van der Waals surface area contributed by atoms with E-state index in [-0.39, 0.29) is 12.0 Å². The molecule has 1 saturated carbocycles. The minimum absolute atomic E-state index is 0.00837. The van der Waals surface area contributed by atoms with Crippen LogP contribution in [-0.4, -0.2) is 78.9 Å². The smallest absolute Gasteiger partial charge is 0.272 e. The molecule has 1 aromatic carbocycles. The summed E-state index contributed by atoms with van der Waals surface area (Å²) in [5.41, 5.74) is 2.82. The molecule has 1 amide bonds. The van der Waals surface area contributed by atoms with Gasteiger partial charge in [-0.25, -0.2) is 9.97 Å². The molecule has 4 atom stereocenters. The van der Waals surface area contributed by atoms with Crippen LogP contribution in [0.4, 0.5) is 5.82 Å². The Morgan fingerprint density at radius 3 is 2.71 bits per heavy atom. The van der Waals surface area contributed by atoms with Crippen molar-refractivity contribution >= 4 is 11.7 Å². The highest BCUT2D eigenvalue weighted by molar-refractivity contribution is 5.94. The molecule has 2 unspecified atom stereocenters. The summed E-state index contributed by atoms with van der Waals surface area (Å²) in [5.74, 6) is 2.02. The van der Waals surface area contributed by atoms with Crippen LogP contribution in [0.1, 0.15) is 72.5 Å². The third-order valence-electron chi connectivity index (χ3n) is 8.74.